The van der Waals surface area contributed by atoms with E-state index in [0.717, 1.165) is 41.9 Å². The summed E-state index contributed by atoms with van der Waals surface area (Å²) >= 11 is 0. The number of hydrogen-bond acceptors (Lipinski definition) is 3. The second-order valence-electron chi connectivity index (χ2n) is 6.79. The minimum absolute atomic E-state index is 0.214. The lowest BCUT2D eigenvalue weighted by atomic mass is 10.1. The number of nitrogens with one attached hydrogen (secondary N) is 2. The molecule has 1 aliphatic heterocycles. The number of nitrogens with zero attached hydrogens (tertiary/aromatic N) is 2. The third-order valence-electron chi connectivity index (χ3n) is 4.98. The molecule has 0 radical (unpaired) electrons. The molecule has 1 aromatic heterocycles. The largest absolute Gasteiger partial charge is 0.312 e. The molecule has 1 aliphatic carbocycles. The molecule has 1 aromatic carbocycles. The smallest absolute Gasteiger partial charge is 0.123 e. The van der Waals surface area contributed by atoms with E-state index in [1.807, 2.05) is 6.20 Å². The van der Waals surface area contributed by atoms with Crippen molar-refractivity contribution in [3.05, 3.63) is 41.8 Å². The summed E-state index contributed by atoms with van der Waals surface area (Å²) in [5.41, 5.74) is 3.08. The first kappa shape index (κ1) is 14.8. The van der Waals surface area contributed by atoms with Crippen molar-refractivity contribution in [2.24, 2.45) is 5.92 Å². The Morgan fingerprint density at radius 2 is 2.04 bits per heavy atom. The molecule has 1 atom stereocenters. The maximum atomic E-state index is 13.1. The molecular formula is C18H23FN4. The quantitative estimate of drug-likeness (QED) is 0.862. The summed E-state index contributed by atoms with van der Waals surface area (Å²) in [6.45, 7) is 4.36. The number of aromatic amines is 1. The summed E-state index contributed by atoms with van der Waals surface area (Å²) in [5, 5.41) is 10.7. The van der Waals surface area contributed by atoms with Crippen LogP contribution < -0.4 is 5.32 Å². The Balaban J connectivity index is 1.31. The third-order valence-corrected chi connectivity index (χ3v) is 4.98. The van der Waals surface area contributed by atoms with Gasteiger partial charge in [-0.25, -0.2) is 4.39 Å². The van der Waals surface area contributed by atoms with Crippen LogP contribution in [0.1, 0.15) is 24.8 Å². The number of rotatable bonds is 6. The predicted molar refractivity (Wildman–Crippen MR) is 88.4 cm³/mol. The minimum atomic E-state index is -0.214. The van der Waals surface area contributed by atoms with Gasteiger partial charge in [-0.1, -0.05) is 0 Å². The van der Waals surface area contributed by atoms with Crippen LogP contribution in [0.5, 0.6) is 0 Å². The first-order chi connectivity index (χ1) is 11.3. The molecule has 0 bridgehead atoms. The highest BCUT2D eigenvalue weighted by Crippen LogP contribution is 2.31. The summed E-state index contributed by atoms with van der Waals surface area (Å²) < 4.78 is 13.1. The van der Waals surface area contributed by atoms with Crippen molar-refractivity contribution in [2.45, 2.75) is 31.8 Å². The van der Waals surface area contributed by atoms with E-state index in [9.17, 15) is 4.39 Å². The van der Waals surface area contributed by atoms with Crippen LogP contribution in [0, 0.1) is 11.7 Å². The van der Waals surface area contributed by atoms with Gasteiger partial charge in [0.05, 0.1) is 11.9 Å². The summed E-state index contributed by atoms with van der Waals surface area (Å²) in [5.74, 6) is 0.547. The van der Waals surface area contributed by atoms with Crippen LogP contribution in [0.15, 0.2) is 30.5 Å². The highest BCUT2D eigenvalue weighted by Gasteiger charge is 2.33. The molecule has 2 aliphatic rings. The van der Waals surface area contributed by atoms with Crippen molar-refractivity contribution < 1.29 is 4.39 Å². The maximum Gasteiger partial charge on any atom is 0.123 e. The van der Waals surface area contributed by atoms with Gasteiger partial charge in [-0.15, -0.1) is 0 Å². The van der Waals surface area contributed by atoms with Crippen LogP contribution >= 0.6 is 0 Å². The number of benzene rings is 1. The second kappa shape index (κ2) is 6.42. The zero-order valence-electron chi connectivity index (χ0n) is 13.3. The van der Waals surface area contributed by atoms with Crippen LogP contribution in [0.3, 0.4) is 0 Å². The number of likely N-dealkylation sites (tertiary alicyclic amines) is 1. The molecule has 5 heteroatoms. The fraction of sp³-hybridized carbons (Fsp3) is 0.500. The van der Waals surface area contributed by atoms with Gasteiger partial charge < -0.3 is 10.2 Å². The molecule has 1 saturated heterocycles. The maximum absolute atomic E-state index is 13.1. The molecule has 2 N–H and O–H groups in total. The van der Waals surface area contributed by atoms with Gasteiger partial charge >= 0.3 is 0 Å². The molecule has 1 saturated carbocycles. The Bertz CT molecular complexity index is 647. The molecule has 2 fully saturated rings. The molecule has 4 rings (SSSR count). The van der Waals surface area contributed by atoms with E-state index in [-0.39, 0.29) is 5.82 Å². The van der Waals surface area contributed by atoms with Gasteiger partial charge in [0.15, 0.2) is 0 Å². The van der Waals surface area contributed by atoms with E-state index in [0.29, 0.717) is 0 Å². The predicted octanol–water partition coefficient (Wildman–Crippen LogP) is 2.79. The fourth-order valence-electron chi connectivity index (χ4n) is 3.52. The van der Waals surface area contributed by atoms with E-state index < -0.39 is 0 Å². The lowest BCUT2D eigenvalue weighted by Gasteiger charge is -2.15. The number of halogens is 1. The molecule has 2 aromatic rings. The second-order valence-corrected chi connectivity index (χ2v) is 6.79. The van der Waals surface area contributed by atoms with Gasteiger partial charge in [-0.3, -0.25) is 5.10 Å². The van der Waals surface area contributed by atoms with Gasteiger partial charge in [-0.2, -0.15) is 5.10 Å². The Morgan fingerprint density at radius 1 is 1.22 bits per heavy atom. The SMILES string of the molecule is Fc1ccc(-c2[nH]ncc2CNC[C@@H]2CCN(C3CC3)C2)cc1. The summed E-state index contributed by atoms with van der Waals surface area (Å²) in [4.78, 5) is 2.65. The first-order valence-electron chi connectivity index (χ1n) is 8.52. The van der Waals surface area contributed by atoms with Crippen molar-refractivity contribution in [2.75, 3.05) is 19.6 Å². The molecule has 23 heavy (non-hydrogen) atoms. The zero-order valence-corrected chi connectivity index (χ0v) is 13.3. The van der Waals surface area contributed by atoms with E-state index in [2.05, 4.69) is 20.4 Å². The molecule has 2 heterocycles. The molecule has 122 valence electrons. The van der Waals surface area contributed by atoms with E-state index in [1.165, 1.54) is 44.5 Å². The van der Waals surface area contributed by atoms with E-state index in [4.69, 9.17) is 0 Å². The van der Waals surface area contributed by atoms with Gasteiger partial charge in [0, 0.05) is 30.3 Å². The molecular weight excluding hydrogens is 291 g/mol. The average molecular weight is 314 g/mol. The van der Waals surface area contributed by atoms with E-state index in [1.54, 1.807) is 12.1 Å². The Kier molecular flexibility index (Phi) is 4.14. The lowest BCUT2D eigenvalue weighted by molar-refractivity contribution is 0.312. The van der Waals surface area contributed by atoms with E-state index >= 15 is 0 Å². The first-order valence-corrected chi connectivity index (χ1v) is 8.52. The summed E-state index contributed by atoms with van der Waals surface area (Å²) in [7, 11) is 0. The van der Waals surface area contributed by atoms with Gasteiger partial charge in [0.2, 0.25) is 0 Å². The van der Waals surface area contributed by atoms with Crippen LogP contribution in [0.2, 0.25) is 0 Å². The minimum Gasteiger partial charge on any atom is -0.312 e. The highest BCUT2D eigenvalue weighted by atomic mass is 19.1. The average Bonchev–Trinajstić information content (AvgIpc) is 3.12. The number of hydrogen-bond donors (Lipinski definition) is 2. The van der Waals surface area contributed by atoms with Crippen molar-refractivity contribution in [3.63, 3.8) is 0 Å². The van der Waals surface area contributed by atoms with Crippen LogP contribution in [-0.4, -0.2) is 40.8 Å². The summed E-state index contributed by atoms with van der Waals surface area (Å²) in [6.07, 6.45) is 5.96. The lowest BCUT2D eigenvalue weighted by Crippen LogP contribution is -2.27. The Morgan fingerprint density at radius 3 is 2.83 bits per heavy atom. The monoisotopic (exact) mass is 314 g/mol. The topological polar surface area (TPSA) is 44.0 Å². The van der Waals surface area contributed by atoms with Gasteiger partial charge in [-0.05, 0) is 62.5 Å². The Labute approximate surface area is 136 Å². The summed E-state index contributed by atoms with van der Waals surface area (Å²) in [6, 6.07) is 7.43. The number of aromatic nitrogens is 2. The molecule has 0 unspecified atom stereocenters. The number of H-pyrrole nitrogens is 1. The van der Waals surface area contributed by atoms with Crippen molar-refractivity contribution in [3.8, 4) is 11.3 Å². The molecule has 0 spiro atoms. The Hall–Kier alpha value is -1.72. The third kappa shape index (κ3) is 3.46. The fourth-order valence-corrected chi connectivity index (χ4v) is 3.52. The normalized spacial score (nSPS) is 21.9. The molecule has 0 amide bonds. The zero-order chi connectivity index (χ0) is 15.6. The van der Waals surface area contributed by atoms with Gasteiger partial charge in [0.25, 0.3) is 0 Å². The van der Waals surface area contributed by atoms with Crippen LogP contribution in [0.25, 0.3) is 11.3 Å². The van der Waals surface area contributed by atoms with Crippen molar-refractivity contribution in [1.82, 2.24) is 20.4 Å². The van der Waals surface area contributed by atoms with Crippen molar-refractivity contribution in [1.29, 1.82) is 0 Å². The van der Waals surface area contributed by atoms with Gasteiger partial charge in [0.1, 0.15) is 5.82 Å². The van der Waals surface area contributed by atoms with Crippen LogP contribution in [-0.2, 0) is 6.54 Å². The highest BCUT2D eigenvalue weighted by molar-refractivity contribution is 5.62. The standard InChI is InChI=1S/C18H23FN4/c19-16-3-1-14(2-4-16)18-15(11-21-22-18)10-20-9-13-7-8-23(12-13)17-5-6-17/h1-4,11,13,17,20H,5-10,12H2,(H,21,22)/t13-/m0/s1. The van der Waals surface area contributed by atoms with Crippen LogP contribution in [0.4, 0.5) is 4.39 Å². The van der Waals surface area contributed by atoms with Crippen molar-refractivity contribution >= 4 is 0 Å². The molecule has 4 nitrogen and oxygen atoms in total.